The van der Waals surface area contributed by atoms with Gasteiger partial charge in [-0.2, -0.15) is 8.78 Å². The van der Waals surface area contributed by atoms with Crippen LogP contribution in [0.1, 0.15) is 37.5 Å². The Hall–Kier alpha value is -1.58. The minimum Gasteiger partial charge on any atom is -0.320 e. The minimum absolute atomic E-state index is 0.0556. The minimum atomic E-state index is -5.63. The van der Waals surface area contributed by atoms with E-state index in [9.17, 15) is 13.3 Å². The van der Waals surface area contributed by atoms with Crippen LogP contribution in [0.5, 0.6) is 0 Å². The number of halogens is 3. The van der Waals surface area contributed by atoms with Gasteiger partial charge in [0.15, 0.2) is 5.82 Å². The molecular formula is C20H21BrF2N3O3PS. The van der Waals surface area contributed by atoms with E-state index in [1.54, 1.807) is 0 Å². The second-order valence-corrected chi connectivity index (χ2v) is 11.4. The van der Waals surface area contributed by atoms with Crippen LogP contribution < -0.4 is 0 Å². The maximum atomic E-state index is 13.9. The number of nitrogens with one attached hydrogen (secondary N) is 1. The molecule has 0 bridgehead atoms. The molecule has 31 heavy (non-hydrogen) atoms. The van der Waals surface area contributed by atoms with Gasteiger partial charge in [0.25, 0.3) is 0 Å². The van der Waals surface area contributed by atoms with Crippen molar-refractivity contribution in [1.29, 1.82) is 0 Å². The summed E-state index contributed by atoms with van der Waals surface area (Å²) in [4.78, 5) is 22.3. The van der Waals surface area contributed by atoms with E-state index in [2.05, 4.69) is 64.0 Å². The van der Waals surface area contributed by atoms with E-state index in [1.165, 1.54) is 29.5 Å². The molecule has 3 N–H and O–H groups in total. The summed E-state index contributed by atoms with van der Waals surface area (Å²) in [6.07, 6.45) is 0. The molecule has 6 nitrogen and oxygen atoms in total. The Morgan fingerprint density at radius 2 is 1.77 bits per heavy atom. The Balaban J connectivity index is 1.70. The van der Waals surface area contributed by atoms with Gasteiger partial charge in [0.1, 0.15) is 0 Å². The molecule has 0 aliphatic heterocycles. The van der Waals surface area contributed by atoms with Crippen LogP contribution in [-0.4, -0.2) is 25.0 Å². The Morgan fingerprint density at radius 1 is 1.13 bits per heavy atom. The number of hydrogen-bond donors (Lipinski definition) is 3. The zero-order valence-electron chi connectivity index (χ0n) is 16.9. The van der Waals surface area contributed by atoms with Crippen LogP contribution in [0.15, 0.2) is 52.1 Å². The van der Waals surface area contributed by atoms with Crippen molar-refractivity contribution >= 4 is 35.3 Å². The zero-order chi connectivity index (χ0) is 23.0. The SMILES string of the molecule is CC(C)(C)c1ccc(-c2nc(SCc3ccc(C(F)(F)P(=O)(O)O)c(Br)c3)n[nH]2)cc1. The fraction of sp³-hybridized carbons (Fsp3) is 0.300. The molecule has 0 saturated carbocycles. The van der Waals surface area contributed by atoms with Gasteiger partial charge in [-0.15, -0.1) is 5.10 Å². The summed E-state index contributed by atoms with van der Waals surface area (Å²) in [7, 11) is -5.63. The molecule has 0 saturated heterocycles. The monoisotopic (exact) mass is 531 g/mol. The number of aromatic amines is 1. The number of nitrogens with zero attached hydrogens (tertiary/aromatic N) is 2. The lowest BCUT2D eigenvalue weighted by molar-refractivity contribution is 0.0557. The first kappa shape index (κ1) is 24.1. The molecule has 1 heterocycles. The molecule has 0 atom stereocenters. The summed E-state index contributed by atoms with van der Waals surface area (Å²) in [5.74, 6) is 1.02. The van der Waals surface area contributed by atoms with Crippen molar-refractivity contribution in [3.8, 4) is 11.4 Å². The van der Waals surface area contributed by atoms with Gasteiger partial charge in [0.2, 0.25) is 5.16 Å². The number of rotatable bonds is 6. The molecule has 3 rings (SSSR count). The molecule has 0 fully saturated rings. The zero-order valence-corrected chi connectivity index (χ0v) is 20.2. The molecule has 3 aromatic rings. The normalized spacial score (nSPS) is 12.9. The Bertz CT molecular complexity index is 1130. The summed E-state index contributed by atoms with van der Waals surface area (Å²) < 4.78 is 38.9. The molecule has 0 spiro atoms. The highest BCUT2D eigenvalue weighted by atomic mass is 79.9. The Labute approximate surface area is 191 Å². The van der Waals surface area contributed by atoms with E-state index in [-0.39, 0.29) is 9.89 Å². The standard InChI is InChI=1S/C20H21BrF2N3O3PS/c1-19(2,3)14-7-5-13(6-8-14)17-24-18(26-25-17)31-11-12-4-9-15(16(21)10-12)20(22,23)30(27,28)29/h4-10H,11H2,1-3H3,(H,24,25,26)(H2,27,28,29). The molecule has 0 amide bonds. The van der Waals surface area contributed by atoms with Crippen molar-refractivity contribution in [3.63, 3.8) is 0 Å². The van der Waals surface area contributed by atoms with E-state index in [4.69, 9.17) is 9.79 Å². The topological polar surface area (TPSA) is 99.1 Å². The molecule has 0 aliphatic rings. The molecular weight excluding hydrogens is 511 g/mol. The predicted molar refractivity (Wildman–Crippen MR) is 120 cm³/mol. The first-order valence-corrected chi connectivity index (χ1v) is 12.6. The number of alkyl halides is 2. The summed E-state index contributed by atoms with van der Waals surface area (Å²) >= 11 is 4.29. The van der Waals surface area contributed by atoms with Crippen LogP contribution in [0.3, 0.4) is 0 Å². The third-order valence-electron chi connectivity index (χ3n) is 4.58. The first-order valence-electron chi connectivity index (χ1n) is 9.17. The molecule has 11 heteroatoms. The van der Waals surface area contributed by atoms with Crippen LogP contribution in [0, 0.1) is 0 Å². The fourth-order valence-electron chi connectivity index (χ4n) is 2.77. The summed E-state index contributed by atoms with van der Waals surface area (Å²) in [6, 6.07) is 11.9. The van der Waals surface area contributed by atoms with Crippen molar-refractivity contribution in [2.24, 2.45) is 0 Å². The average Bonchev–Trinajstić information content (AvgIpc) is 3.14. The molecule has 0 radical (unpaired) electrons. The van der Waals surface area contributed by atoms with Crippen LogP contribution in [0.4, 0.5) is 8.78 Å². The highest BCUT2D eigenvalue weighted by Crippen LogP contribution is 2.60. The molecule has 1 aromatic heterocycles. The number of H-pyrrole nitrogens is 1. The van der Waals surface area contributed by atoms with E-state index in [1.807, 2.05) is 12.1 Å². The summed E-state index contributed by atoms with van der Waals surface area (Å²) in [6.45, 7) is 6.43. The lowest BCUT2D eigenvalue weighted by Crippen LogP contribution is -2.14. The van der Waals surface area contributed by atoms with Gasteiger partial charge in [0, 0.05) is 21.4 Å². The Morgan fingerprint density at radius 3 is 2.32 bits per heavy atom. The molecule has 166 valence electrons. The van der Waals surface area contributed by atoms with E-state index < -0.39 is 18.8 Å². The fourth-order valence-corrected chi connectivity index (χ4v) is 4.84. The summed E-state index contributed by atoms with van der Waals surface area (Å²) in [5, 5.41) is 7.58. The third-order valence-corrected chi connectivity index (χ3v) is 7.13. The van der Waals surface area contributed by atoms with Crippen molar-refractivity contribution in [2.45, 2.75) is 42.8 Å². The van der Waals surface area contributed by atoms with E-state index in [0.717, 1.165) is 11.6 Å². The first-order chi connectivity index (χ1) is 14.3. The lowest BCUT2D eigenvalue weighted by atomic mass is 9.87. The van der Waals surface area contributed by atoms with Crippen molar-refractivity contribution in [3.05, 3.63) is 63.6 Å². The number of thioether (sulfide) groups is 1. The van der Waals surface area contributed by atoms with Crippen molar-refractivity contribution in [2.75, 3.05) is 0 Å². The van der Waals surface area contributed by atoms with E-state index >= 15 is 0 Å². The quantitative estimate of drug-likeness (QED) is 0.264. The van der Waals surface area contributed by atoms with Gasteiger partial charge in [0.05, 0.1) is 0 Å². The van der Waals surface area contributed by atoms with Crippen LogP contribution in [-0.2, 0) is 21.4 Å². The molecule has 0 aliphatic carbocycles. The van der Waals surface area contributed by atoms with Crippen LogP contribution in [0.25, 0.3) is 11.4 Å². The van der Waals surface area contributed by atoms with Gasteiger partial charge in [-0.3, -0.25) is 9.66 Å². The van der Waals surface area contributed by atoms with E-state index in [0.29, 0.717) is 22.3 Å². The third kappa shape index (κ3) is 5.43. The number of aromatic nitrogens is 3. The number of hydrogen-bond acceptors (Lipinski definition) is 4. The van der Waals surface area contributed by atoms with Crippen molar-refractivity contribution < 1.29 is 23.1 Å². The second kappa shape index (κ2) is 8.75. The van der Waals surface area contributed by atoms with Gasteiger partial charge in [-0.1, -0.05) is 84.9 Å². The van der Waals surface area contributed by atoms with Gasteiger partial charge < -0.3 is 9.79 Å². The lowest BCUT2D eigenvalue weighted by Gasteiger charge is -2.19. The molecule has 0 unspecified atom stereocenters. The van der Waals surface area contributed by atoms with Crippen LogP contribution >= 0.6 is 35.3 Å². The maximum absolute atomic E-state index is 13.9. The van der Waals surface area contributed by atoms with Gasteiger partial charge in [-0.25, -0.2) is 4.98 Å². The summed E-state index contributed by atoms with van der Waals surface area (Å²) in [5.41, 5.74) is -2.18. The average molecular weight is 532 g/mol. The Kier molecular flexibility index (Phi) is 6.79. The largest absolute Gasteiger partial charge is 0.399 e. The van der Waals surface area contributed by atoms with Gasteiger partial charge in [-0.05, 0) is 22.6 Å². The second-order valence-electron chi connectivity index (χ2n) is 7.98. The number of benzene rings is 2. The highest BCUT2D eigenvalue weighted by molar-refractivity contribution is 9.10. The smallest absolute Gasteiger partial charge is 0.320 e. The van der Waals surface area contributed by atoms with Gasteiger partial charge >= 0.3 is 13.3 Å². The highest BCUT2D eigenvalue weighted by Gasteiger charge is 2.51. The predicted octanol–water partition coefficient (Wildman–Crippen LogP) is 6.05. The maximum Gasteiger partial charge on any atom is 0.399 e. The van der Waals surface area contributed by atoms with Crippen molar-refractivity contribution in [1.82, 2.24) is 15.2 Å². The molecule has 2 aromatic carbocycles. The van der Waals surface area contributed by atoms with Crippen LogP contribution in [0.2, 0.25) is 0 Å².